The highest BCUT2D eigenvalue weighted by Gasteiger charge is 2.44. The second-order valence-corrected chi connectivity index (χ2v) is 21.8. The molecule has 1 heterocycles. The third-order valence-electron chi connectivity index (χ3n) is 15.0. The van der Waals surface area contributed by atoms with E-state index in [2.05, 4.69) is 43.5 Å². The maximum atomic E-state index is 13.2. The van der Waals surface area contributed by atoms with Gasteiger partial charge in [-0.05, 0) is 44.9 Å². The maximum Gasteiger partial charge on any atom is 0.249 e. The predicted octanol–water partition coefficient (Wildman–Crippen LogP) is 13.3. The molecule has 9 atom stereocenters. The minimum Gasteiger partial charge on any atom is -0.394 e. The van der Waals surface area contributed by atoms with Crippen molar-refractivity contribution >= 4 is 5.91 Å². The van der Waals surface area contributed by atoms with Crippen molar-refractivity contribution in [1.29, 1.82) is 0 Å². The number of rotatable bonds is 53. The Labute approximate surface area is 442 Å². The van der Waals surface area contributed by atoms with Crippen LogP contribution >= 0.6 is 0 Å². The van der Waals surface area contributed by atoms with Crippen LogP contribution in [-0.2, 0) is 14.3 Å². The topological polar surface area (TPSA) is 189 Å². The summed E-state index contributed by atoms with van der Waals surface area (Å²) in [5.74, 6) is -0.695. The van der Waals surface area contributed by atoms with Gasteiger partial charge >= 0.3 is 0 Å². The summed E-state index contributed by atoms with van der Waals surface area (Å²) in [5, 5.41) is 76.3. The van der Waals surface area contributed by atoms with Crippen molar-refractivity contribution in [2.75, 3.05) is 13.2 Å². The Hall–Kier alpha value is -1.41. The summed E-state index contributed by atoms with van der Waals surface area (Å²) >= 11 is 0. The van der Waals surface area contributed by atoms with Crippen LogP contribution < -0.4 is 5.32 Å². The number of nitrogens with one attached hydrogen (secondary N) is 1. The molecule has 0 aliphatic carbocycles. The number of amides is 1. The van der Waals surface area contributed by atoms with Crippen LogP contribution in [0.5, 0.6) is 0 Å². The van der Waals surface area contributed by atoms with Crippen molar-refractivity contribution in [1.82, 2.24) is 5.32 Å². The SMILES string of the molecule is CCCCCCCCCCC/C=C\C/C=C\CCCCCCCCCCCCC(O)C(=O)NC(COC1OC(CO)C(O)C(O)C1O)C(O)C(O)CCCCCCCCCCCCCCCCCCCCC. The fraction of sp³-hybridized carbons (Fsp3) is 0.918. The first-order chi connectivity index (χ1) is 35.2. The molecule has 1 saturated heterocycles. The van der Waals surface area contributed by atoms with Crippen LogP contribution in [0.2, 0.25) is 0 Å². The summed E-state index contributed by atoms with van der Waals surface area (Å²) in [6.45, 7) is 3.49. The molecule has 0 saturated carbocycles. The molecule has 0 aromatic heterocycles. The van der Waals surface area contributed by atoms with Crippen molar-refractivity contribution in [3.05, 3.63) is 24.3 Å². The van der Waals surface area contributed by atoms with E-state index in [4.69, 9.17) is 9.47 Å². The van der Waals surface area contributed by atoms with E-state index in [-0.39, 0.29) is 6.42 Å². The predicted molar refractivity (Wildman–Crippen MR) is 298 cm³/mol. The summed E-state index contributed by atoms with van der Waals surface area (Å²) in [6, 6.07) is -1.17. The summed E-state index contributed by atoms with van der Waals surface area (Å²) in [4.78, 5) is 13.2. The fourth-order valence-electron chi connectivity index (χ4n) is 10.0. The maximum absolute atomic E-state index is 13.2. The number of ether oxygens (including phenoxy) is 2. The second-order valence-electron chi connectivity index (χ2n) is 21.8. The summed E-state index contributed by atoms with van der Waals surface area (Å²) < 4.78 is 11.2. The standard InChI is InChI=1S/C61H117NO10/c1-3-5-7-9-11-13-15-17-19-21-23-24-25-26-27-28-29-31-33-35-37-39-41-43-45-47-49-54(65)60(70)62-52(51-71-61-59(69)58(68)57(67)55(50-63)72-61)56(66)53(64)48-46-44-42-40-38-36-34-32-30-22-20-18-16-14-12-10-8-6-4-2/h23-24,26-27,52-59,61,63-69H,3-22,25,28-51H2,1-2H3,(H,62,70)/b24-23-,27-26-. The Morgan fingerprint density at radius 1 is 0.486 bits per heavy atom. The number of aliphatic hydroxyl groups is 7. The summed E-state index contributed by atoms with van der Waals surface area (Å²) in [7, 11) is 0. The van der Waals surface area contributed by atoms with Crippen LogP contribution in [-0.4, -0.2) is 110 Å². The first kappa shape index (κ1) is 68.6. The highest BCUT2D eigenvalue weighted by atomic mass is 16.7. The number of hydrogen-bond acceptors (Lipinski definition) is 10. The first-order valence-corrected chi connectivity index (χ1v) is 30.7. The molecule has 1 amide bonds. The van der Waals surface area contributed by atoms with Gasteiger partial charge in [-0.15, -0.1) is 0 Å². The molecule has 8 N–H and O–H groups in total. The van der Waals surface area contributed by atoms with E-state index in [9.17, 15) is 40.5 Å². The van der Waals surface area contributed by atoms with E-state index in [1.165, 1.54) is 199 Å². The third-order valence-corrected chi connectivity index (χ3v) is 15.0. The smallest absolute Gasteiger partial charge is 0.249 e. The normalized spacial score (nSPS) is 20.2. The van der Waals surface area contributed by atoms with Crippen molar-refractivity contribution in [2.24, 2.45) is 0 Å². The van der Waals surface area contributed by atoms with E-state index < -0.39 is 74.2 Å². The fourth-order valence-corrected chi connectivity index (χ4v) is 10.0. The van der Waals surface area contributed by atoms with E-state index in [1.54, 1.807) is 0 Å². The third kappa shape index (κ3) is 38.2. The van der Waals surface area contributed by atoms with Crippen molar-refractivity contribution < 1.29 is 50.0 Å². The Balaban J connectivity index is 2.28. The molecule has 0 spiro atoms. The van der Waals surface area contributed by atoms with Crippen LogP contribution in [0.1, 0.15) is 290 Å². The van der Waals surface area contributed by atoms with Gasteiger partial charge in [0.15, 0.2) is 6.29 Å². The second kappa shape index (κ2) is 50.4. The van der Waals surface area contributed by atoms with Crippen LogP contribution in [0.25, 0.3) is 0 Å². The molecule has 11 nitrogen and oxygen atoms in total. The molecule has 0 aromatic carbocycles. The van der Waals surface area contributed by atoms with Gasteiger partial charge in [-0.25, -0.2) is 0 Å². The van der Waals surface area contributed by atoms with E-state index in [0.29, 0.717) is 19.3 Å². The zero-order chi connectivity index (χ0) is 52.5. The highest BCUT2D eigenvalue weighted by molar-refractivity contribution is 5.80. The van der Waals surface area contributed by atoms with Gasteiger partial charge in [0.25, 0.3) is 0 Å². The van der Waals surface area contributed by atoms with Crippen LogP contribution in [0.15, 0.2) is 24.3 Å². The molecule has 0 aromatic rings. The minimum atomic E-state index is -1.66. The number of carbonyl (C=O) groups is 1. The van der Waals surface area contributed by atoms with E-state index in [1.807, 2.05) is 0 Å². The Bertz CT molecular complexity index is 1220. The number of allylic oxidation sites excluding steroid dienone is 4. The van der Waals surface area contributed by atoms with Crippen LogP contribution in [0.4, 0.5) is 0 Å². The summed E-state index contributed by atoms with van der Waals surface area (Å²) in [5.41, 5.74) is 0. The summed E-state index contributed by atoms with van der Waals surface area (Å²) in [6.07, 6.45) is 49.4. The lowest BCUT2D eigenvalue weighted by molar-refractivity contribution is -0.303. The Morgan fingerprint density at radius 2 is 0.847 bits per heavy atom. The van der Waals surface area contributed by atoms with Gasteiger partial charge in [0, 0.05) is 0 Å². The molecule has 0 bridgehead atoms. The molecule has 426 valence electrons. The van der Waals surface area contributed by atoms with Gasteiger partial charge < -0.3 is 50.5 Å². The molecule has 72 heavy (non-hydrogen) atoms. The van der Waals surface area contributed by atoms with Crippen molar-refractivity contribution in [3.8, 4) is 0 Å². The van der Waals surface area contributed by atoms with Crippen molar-refractivity contribution in [2.45, 2.75) is 345 Å². The minimum absolute atomic E-state index is 0.258. The zero-order valence-corrected chi connectivity index (χ0v) is 46.7. The highest BCUT2D eigenvalue weighted by Crippen LogP contribution is 2.24. The number of hydrogen-bond donors (Lipinski definition) is 8. The lowest BCUT2D eigenvalue weighted by Gasteiger charge is -2.40. The van der Waals surface area contributed by atoms with E-state index in [0.717, 1.165) is 51.4 Å². The quantitative estimate of drug-likeness (QED) is 0.0215. The average Bonchev–Trinajstić information content (AvgIpc) is 3.38. The Kier molecular flexibility index (Phi) is 48.0. The monoisotopic (exact) mass is 1020 g/mol. The number of carbonyl (C=O) groups excluding carboxylic acids is 1. The molecular weight excluding hydrogens is 907 g/mol. The van der Waals surface area contributed by atoms with Gasteiger partial charge in [-0.2, -0.15) is 0 Å². The molecule has 9 unspecified atom stereocenters. The number of unbranched alkanes of at least 4 members (excludes halogenated alkanes) is 37. The van der Waals surface area contributed by atoms with Crippen LogP contribution in [0, 0.1) is 0 Å². The molecule has 1 aliphatic rings. The molecular formula is C61H117NO10. The Morgan fingerprint density at radius 3 is 1.24 bits per heavy atom. The number of aliphatic hydroxyl groups excluding tert-OH is 7. The molecule has 0 radical (unpaired) electrons. The van der Waals surface area contributed by atoms with Crippen LogP contribution in [0.3, 0.4) is 0 Å². The van der Waals surface area contributed by atoms with Gasteiger partial charge in [-0.1, -0.05) is 269 Å². The molecule has 11 heteroatoms. The molecule has 1 rings (SSSR count). The lowest BCUT2D eigenvalue weighted by Crippen LogP contribution is -2.60. The first-order valence-electron chi connectivity index (χ1n) is 30.7. The van der Waals surface area contributed by atoms with Gasteiger partial charge in [0.1, 0.15) is 36.6 Å². The van der Waals surface area contributed by atoms with Gasteiger partial charge in [0.05, 0.1) is 25.4 Å². The average molecular weight is 1020 g/mol. The molecule has 1 fully saturated rings. The lowest BCUT2D eigenvalue weighted by atomic mass is 9.98. The zero-order valence-electron chi connectivity index (χ0n) is 46.7. The molecule has 1 aliphatic heterocycles. The van der Waals surface area contributed by atoms with E-state index >= 15 is 0 Å². The van der Waals surface area contributed by atoms with Gasteiger partial charge in [-0.3, -0.25) is 4.79 Å². The van der Waals surface area contributed by atoms with Gasteiger partial charge in [0.2, 0.25) is 5.91 Å². The largest absolute Gasteiger partial charge is 0.394 e. The van der Waals surface area contributed by atoms with Crippen molar-refractivity contribution in [3.63, 3.8) is 0 Å².